The zero-order chi connectivity index (χ0) is 23.2. The number of nitrogens with one attached hydrogen (secondary N) is 1. The highest BCUT2D eigenvalue weighted by Gasteiger charge is 2.47. The molecule has 6 nitrogen and oxygen atoms in total. The van der Waals surface area contributed by atoms with E-state index in [4.69, 9.17) is 4.74 Å². The number of rotatable bonds is 6. The van der Waals surface area contributed by atoms with Crippen LogP contribution in [0, 0.1) is 6.92 Å². The fourth-order valence-corrected chi connectivity index (χ4v) is 6.17. The van der Waals surface area contributed by atoms with Crippen molar-refractivity contribution in [3.63, 3.8) is 0 Å². The Morgan fingerprint density at radius 1 is 1.24 bits per heavy atom. The van der Waals surface area contributed by atoms with Crippen LogP contribution in [0.5, 0.6) is 5.75 Å². The SMILES string of the molecule is CCN1CCC2(c3ccc(C(=O)O)cc3)CCC1CN2Cc1c(OC)cc(C)c2[nH]ccc12. The largest absolute Gasteiger partial charge is 0.496 e. The summed E-state index contributed by atoms with van der Waals surface area (Å²) in [7, 11) is 1.75. The third-order valence-electron chi connectivity index (χ3n) is 8.01. The average Bonchev–Trinajstić information content (AvgIpc) is 3.19. The van der Waals surface area contributed by atoms with E-state index < -0.39 is 5.97 Å². The first-order valence-electron chi connectivity index (χ1n) is 11.9. The summed E-state index contributed by atoms with van der Waals surface area (Å²) in [4.78, 5) is 20.1. The van der Waals surface area contributed by atoms with Crippen molar-refractivity contribution in [3.8, 4) is 5.75 Å². The predicted octanol–water partition coefficient (Wildman–Crippen LogP) is 4.77. The van der Waals surface area contributed by atoms with Crippen molar-refractivity contribution in [1.82, 2.24) is 14.8 Å². The van der Waals surface area contributed by atoms with Crippen LogP contribution >= 0.6 is 0 Å². The molecule has 2 N–H and O–H groups in total. The molecule has 0 radical (unpaired) electrons. The molecule has 3 aliphatic rings. The van der Waals surface area contributed by atoms with Gasteiger partial charge in [-0.05, 0) is 68.1 Å². The first-order chi connectivity index (χ1) is 16.0. The number of carbonyl (C=O) groups is 1. The van der Waals surface area contributed by atoms with Gasteiger partial charge in [0.1, 0.15) is 5.75 Å². The van der Waals surface area contributed by atoms with E-state index in [2.05, 4.69) is 40.8 Å². The Kier molecular flexibility index (Phi) is 5.67. The molecule has 2 unspecified atom stereocenters. The molecule has 2 aromatic carbocycles. The van der Waals surface area contributed by atoms with Crippen LogP contribution in [0.25, 0.3) is 10.9 Å². The molecule has 3 aliphatic heterocycles. The molecule has 6 heteroatoms. The highest BCUT2D eigenvalue weighted by molar-refractivity contribution is 5.88. The molecule has 2 bridgehead atoms. The number of ether oxygens (including phenoxy) is 1. The van der Waals surface area contributed by atoms with E-state index in [-0.39, 0.29) is 5.54 Å². The molecule has 3 saturated heterocycles. The number of hydrogen-bond donors (Lipinski definition) is 2. The normalized spacial score (nSPS) is 23.7. The van der Waals surface area contributed by atoms with Crippen LogP contribution in [-0.4, -0.2) is 58.6 Å². The highest BCUT2D eigenvalue weighted by atomic mass is 16.5. The molecule has 1 aromatic heterocycles. The number of methoxy groups -OCH3 is 1. The van der Waals surface area contributed by atoms with Crippen LogP contribution < -0.4 is 4.74 Å². The number of H-pyrrole nitrogens is 1. The Labute approximate surface area is 195 Å². The Balaban J connectivity index is 1.60. The molecule has 0 saturated carbocycles. The molecular formula is C27H33N3O3. The number of likely N-dealkylation sites (N-methyl/N-ethyl adjacent to an activating group) is 1. The molecule has 33 heavy (non-hydrogen) atoms. The number of aromatic carboxylic acids is 1. The zero-order valence-corrected chi connectivity index (χ0v) is 19.7. The lowest BCUT2D eigenvalue weighted by molar-refractivity contribution is 0.0245. The lowest BCUT2D eigenvalue weighted by Crippen LogP contribution is -2.52. The van der Waals surface area contributed by atoms with Crippen molar-refractivity contribution in [3.05, 3.63) is 64.8 Å². The summed E-state index contributed by atoms with van der Waals surface area (Å²) >= 11 is 0. The molecule has 0 amide bonds. The molecule has 3 fully saturated rings. The van der Waals surface area contributed by atoms with Gasteiger partial charge in [-0.15, -0.1) is 0 Å². The maximum atomic E-state index is 11.5. The molecule has 0 aliphatic carbocycles. The number of fused-ring (bicyclic) bond motifs is 5. The van der Waals surface area contributed by atoms with Gasteiger partial charge in [-0.25, -0.2) is 4.79 Å². The molecule has 2 atom stereocenters. The van der Waals surface area contributed by atoms with Gasteiger partial charge in [-0.1, -0.05) is 19.1 Å². The molecule has 6 rings (SSSR count). The van der Waals surface area contributed by atoms with Crippen LogP contribution in [0.1, 0.15) is 53.2 Å². The molecule has 4 heterocycles. The van der Waals surface area contributed by atoms with E-state index in [1.807, 2.05) is 18.3 Å². The van der Waals surface area contributed by atoms with Gasteiger partial charge in [0.2, 0.25) is 0 Å². The molecule has 0 spiro atoms. The van der Waals surface area contributed by atoms with Crippen molar-refractivity contribution in [2.75, 3.05) is 26.7 Å². The Hall–Kier alpha value is -2.83. The summed E-state index contributed by atoms with van der Waals surface area (Å²) in [5.74, 6) is 0.0559. The summed E-state index contributed by atoms with van der Waals surface area (Å²) in [6.07, 6.45) is 5.28. The van der Waals surface area contributed by atoms with Gasteiger partial charge in [0.05, 0.1) is 12.7 Å². The first kappa shape index (κ1) is 22.0. The summed E-state index contributed by atoms with van der Waals surface area (Å²) in [6.45, 7) is 8.28. The van der Waals surface area contributed by atoms with Crippen LogP contribution in [0.4, 0.5) is 0 Å². The van der Waals surface area contributed by atoms with E-state index in [9.17, 15) is 9.90 Å². The van der Waals surface area contributed by atoms with Gasteiger partial charge in [0, 0.05) is 53.9 Å². The Bertz CT molecular complexity index is 1170. The number of carboxylic acids is 1. The van der Waals surface area contributed by atoms with Crippen molar-refractivity contribution in [1.29, 1.82) is 0 Å². The van der Waals surface area contributed by atoms with E-state index in [0.717, 1.165) is 51.2 Å². The van der Waals surface area contributed by atoms with Gasteiger partial charge in [0.15, 0.2) is 0 Å². The monoisotopic (exact) mass is 447 g/mol. The average molecular weight is 448 g/mol. The van der Waals surface area contributed by atoms with Gasteiger partial charge in [-0.3, -0.25) is 9.80 Å². The second kappa shape index (κ2) is 8.50. The van der Waals surface area contributed by atoms with Gasteiger partial charge in [-0.2, -0.15) is 0 Å². The first-order valence-corrected chi connectivity index (χ1v) is 11.9. The van der Waals surface area contributed by atoms with Gasteiger partial charge >= 0.3 is 5.97 Å². The van der Waals surface area contributed by atoms with Crippen molar-refractivity contribution in [2.45, 2.75) is 51.2 Å². The van der Waals surface area contributed by atoms with Crippen LogP contribution in [0.2, 0.25) is 0 Å². The minimum atomic E-state index is -0.878. The summed E-state index contributed by atoms with van der Waals surface area (Å²) in [5.41, 5.74) is 5.02. The van der Waals surface area contributed by atoms with E-state index in [1.54, 1.807) is 19.2 Å². The lowest BCUT2D eigenvalue weighted by atomic mass is 9.77. The number of benzene rings is 2. The smallest absolute Gasteiger partial charge is 0.335 e. The quantitative estimate of drug-likeness (QED) is 0.570. The number of aryl methyl sites for hydroxylation is 1. The van der Waals surface area contributed by atoms with E-state index in [1.165, 1.54) is 27.6 Å². The Morgan fingerprint density at radius 2 is 2.03 bits per heavy atom. The fraction of sp³-hybridized carbons (Fsp3) is 0.444. The maximum absolute atomic E-state index is 11.5. The number of aromatic amines is 1. The Morgan fingerprint density at radius 3 is 2.73 bits per heavy atom. The topological polar surface area (TPSA) is 68.8 Å². The van der Waals surface area contributed by atoms with Crippen molar-refractivity contribution >= 4 is 16.9 Å². The van der Waals surface area contributed by atoms with E-state index >= 15 is 0 Å². The molecule has 3 aromatic rings. The maximum Gasteiger partial charge on any atom is 0.335 e. The zero-order valence-electron chi connectivity index (χ0n) is 19.7. The number of carboxylic acid groups (broad SMARTS) is 1. The lowest BCUT2D eigenvalue weighted by Gasteiger charge is -2.48. The fourth-order valence-electron chi connectivity index (χ4n) is 6.17. The van der Waals surface area contributed by atoms with Crippen molar-refractivity contribution in [2.24, 2.45) is 0 Å². The second-order valence-electron chi connectivity index (χ2n) is 9.51. The number of nitrogens with zero attached hydrogens (tertiary/aromatic N) is 2. The van der Waals surface area contributed by atoms with Crippen LogP contribution in [-0.2, 0) is 12.1 Å². The minimum Gasteiger partial charge on any atom is -0.496 e. The molecule has 174 valence electrons. The molecular weight excluding hydrogens is 414 g/mol. The minimum absolute atomic E-state index is 0.115. The number of aromatic nitrogens is 1. The predicted molar refractivity (Wildman–Crippen MR) is 130 cm³/mol. The summed E-state index contributed by atoms with van der Waals surface area (Å²) in [6, 6.07) is 12.4. The van der Waals surface area contributed by atoms with Gasteiger partial charge < -0.3 is 14.8 Å². The second-order valence-corrected chi connectivity index (χ2v) is 9.51. The number of hydrogen-bond acceptors (Lipinski definition) is 4. The van der Waals surface area contributed by atoms with Crippen LogP contribution in [0.3, 0.4) is 0 Å². The highest BCUT2D eigenvalue weighted by Crippen LogP contribution is 2.46. The van der Waals surface area contributed by atoms with Crippen LogP contribution in [0.15, 0.2) is 42.6 Å². The third kappa shape index (κ3) is 3.62. The van der Waals surface area contributed by atoms with Gasteiger partial charge in [0.25, 0.3) is 0 Å². The number of piperidine rings is 1. The van der Waals surface area contributed by atoms with E-state index in [0.29, 0.717) is 11.6 Å². The summed E-state index contributed by atoms with van der Waals surface area (Å²) in [5, 5.41) is 10.6. The standard InChI is InChI=1S/C27H33N3O3/c1-4-29-14-12-27(20-7-5-19(6-8-20)26(31)32)11-9-21(29)16-30(27)17-23-22-10-13-28-25(22)18(2)15-24(23)33-3/h5-8,10,13,15,21,28H,4,9,11-12,14,16-17H2,1-3H3,(H,31,32). The summed E-state index contributed by atoms with van der Waals surface area (Å²) < 4.78 is 5.86. The third-order valence-corrected chi connectivity index (χ3v) is 8.01. The van der Waals surface area contributed by atoms with Crippen molar-refractivity contribution < 1.29 is 14.6 Å².